The number of piperazine rings is 1. The van der Waals surface area contributed by atoms with E-state index >= 15 is 0 Å². The first kappa shape index (κ1) is 18.7. The largest absolute Gasteiger partial charge is 0.338 e. The lowest BCUT2D eigenvalue weighted by atomic mass is 10.3. The van der Waals surface area contributed by atoms with Gasteiger partial charge in [0, 0.05) is 44.1 Å². The van der Waals surface area contributed by atoms with Gasteiger partial charge in [0.05, 0.1) is 11.4 Å². The molecular weight excluding hydrogens is 385 g/mol. The van der Waals surface area contributed by atoms with E-state index in [1.54, 1.807) is 18.5 Å². The van der Waals surface area contributed by atoms with Crippen LogP contribution in [-0.2, 0) is 16.6 Å². The molecule has 1 aliphatic heterocycles. The molecule has 8 nitrogen and oxygen atoms in total. The highest BCUT2D eigenvalue weighted by atomic mass is 32.2. The molecule has 3 aromatic rings. The third-order valence-corrected chi connectivity index (χ3v) is 6.44. The summed E-state index contributed by atoms with van der Waals surface area (Å²) in [4.78, 5) is 10.6. The molecule has 0 saturated carbocycles. The van der Waals surface area contributed by atoms with Crippen LogP contribution in [0.4, 0.5) is 4.39 Å². The number of halogens is 1. The topological polar surface area (TPSA) is 92.4 Å². The normalized spacial score (nSPS) is 16.3. The predicted octanol–water partition coefficient (Wildman–Crippen LogP) is 1.78. The molecule has 1 saturated heterocycles. The van der Waals surface area contributed by atoms with Crippen molar-refractivity contribution in [3.05, 3.63) is 60.5 Å². The van der Waals surface area contributed by atoms with Crippen molar-refractivity contribution in [2.24, 2.45) is 0 Å². The molecule has 10 heteroatoms. The summed E-state index contributed by atoms with van der Waals surface area (Å²) in [6.45, 7) is 2.18. The van der Waals surface area contributed by atoms with Gasteiger partial charge in [0.2, 0.25) is 21.7 Å². The van der Waals surface area contributed by atoms with Gasteiger partial charge in [-0.2, -0.15) is 9.29 Å². The van der Waals surface area contributed by atoms with Crippen molar-refractivity contribution in [1.29, 1.82) is 0 Å². The highest BCUT2D eigenvalue weighted by molar-refractivity contribution is 7.89. The number of benzene rings is 1. The number of hydrogen-bond donors (Lipinski definition) is 0. The fourth-order valence-electron chi connectivity index (χ4n) is 3.01. The SMILES string of the molecule is O=S(=O)(c1ccc(F)cc1)N1CCN(Cc2nc(-c3cccnc3)no2)CC1. The molecule has 28 heavy (non-hydrogen) atoms. The fourth-order valence-corrected chi connectivity index (χ4v) is 4.43. The van der Waals surface area contributed by atoms with E-state index in [2.05, 4.69) is 20.0 Å². The lowest BCUT2D eigenvalue weighted by Gasteiger charge is -2.33. The van der Waals surface area contributed by atoms with Crippen molar-refractivity contribution >= 4 is 10.0 Å². The molecule has 1 aliphatic rings. The average molecular weight is 403 g/mol. The van der Waals surface area contributed by atoms with Gasteiger partial charge in [0.1, 0.15) is 5.82 Å². The van der Waals surface area contributed by atoms with Gasteiger partial charge in [-0.05, 0) is 36.4 Å². The van der Waals surface area contributed by atoms with Crippen molar-refractivity contribution in [2.75, 3.05) is 26.2 Å². The Morgan fingerprint density at radius 3 is 2.50 bits per heavy atom. The highest BCUT2D eigenvalue weighted by Crippen LogP contribution is 2.19. The molecule has 4 rings (SSSR count). The molecule has 2 aromatic heterocycles. The summed E-state index contributed by atoms with van der Waals surface area (Å²) in [5.74, 6) is 0.475. The summed E-state index contributed by atoms with van der Waals surface area (Å²) in [6, 6.07) is 8.52. The zero-order valence-electron chi connectivity index (χ0n) is 14.9. The van der Waals surface area contributed by atoms with Crippen LogP contribution in [0.25, 0.3) is 11.4 Å². The van der Waals surface area contributed by atoms with Gasteiger partial charge in [-0.15, -0.1) is 0 Å². The Labute approximate surface area is 161 Å². The van der Waals surface area contributed by atoms with E-state index in [1.165, 1.54) is 16.4 Å². The van der Waals surface area contributed by atoms with Crippen LogP contribution in [0.1, 0.15) is 5.89 Å². The molecule has 3 heterocycles. The second kappa shape index (κ2) is 7.74. The Bertz CT molecular complexity index is 1030. The van der Waals surface area contributed by atoms with Crippen LogP contribution in [0.3, 0.4) is 0 Å². The van der Waals surface area contributed by atoms with E-state index in [4.69, 9.17) is 4.52 Å². The van der Waals surface area contributed by atoms with E-state index in [9.17, 15) is 12.8 Å². The average Bonchev–Trinajstić information content (AvgIpc) is 3.18. The van der Waals surface area contributed by atoms with Crippen molar-refractivity contribution < 1.29 is 17.3 Å². The van der Waals surface area contributed by atoms with E-state index < -0.39 is 15.8 Å². The number of rotatable bonds is 5. The summed E-state index contributed by atoms with van der Waals surface area (Å²) < 4.78 is 45.1. The summed E-state index contributed by atoms with van der Waals surface area (Å²) in [5, 5.41) is 3.96. The molecule has 0 unspecified atom stereocenters. The molecular formula is C18H18FN5O3S. The van der Waals surface area contributed by atoms with Gasteiger partial charge in [-0.1, -0.05) is 5.16 Å². The van der Waals surface area contributed by atoms with E-state index in [-0.39, 0.29) is 4.90 Å². The Balaban J connectivity index is 1.37. The maximum Gasteiger partial charge on any atom is 0.243 e. The Kier molecular flexibility index (Phi) is 5.16. The van der Waals surface area contributed by atoms with Crippen LogP contribution in [0, 0.1) is 5.82 Å². The molecule has 146 valence electrons. The second-order valence-electron chi connectivity index (χ2n) is 6.39. The van der Waals surface area contributed by atoms with Gasteiger partial charge in [0.25, 0.3) is 0 Å². The summed E-state index contributed by atoms with van der Waals surface area (Å²) >= 11 is 0. The van der Waals surface area contributed by atoms with Crippen molar-refractivity contribution in [3.8, 4) is 11.4 Å². The zero-order valence-corrected chi connectivity index (χ0v) is 15.7. The second-order valence-corrected chi connectivity index (χ2v) is 8.33. The quantitative estimate of drug-likeness (QED) is 0.641. The maximum atomic E-state index is 13.0. The first-order valence-electron chi connectivity index (χ1n) is 8.73. The molecule has 0 atom stereocenters. The van der Waals surface area contributed by atoms with Crippen LogP contribution in [-0.4, -0.2) is 58.9 Å². The number of nitrogens with zero attached hydrogens (tertiary/aromatic N) is 5. The molecule has 0 N–H and O–H groups in total. The Hall–Kier alpha value is -2.69. The number of sulfonamides is 1. The van der Waals surface area contributed by atoms with Crippen molar-refractivity contribution in [1.82, 2.24) is 24.3 Å². The van der Waals surface area contributed by atoms with Gasteiger partial charge in [-0.3, -0.25) is 9.88 Å². The molecule has 0 aliphatic carbocycles. The predicted molar refractivity (Wildman–Crippen MR) is 98.0 cm³/mol. The van der Waals surface area contributed by atoms with Crippen molar-refractivity contribution in [2.45, 2.75) is 11.4 Å². The minimum absolute atomic E-state index is 0.0976. The van der Waals surface area contributed by atoms with E-state index in [0.29, 0.717) is 44.4 Å². The van der Waals surface area contributed by atoms with Crippen LogP contribution in [0.15, 0.2) is 58.2 Å². The lowest BCUT2D eigenvalue weighted by Crippen LogP contribution is -2.48. The van der Waals surface area contributed by atoms with Gasteiger partial charge in [-0.25, -0.2) is 12.8 Å². The smallest absolute Gasteiger partial charge is 0.243 e. The standard InChI is InChI=1S/C18H18FN5O3S/c19-15-3-5-16(6-4-15)28(25,26)24-10-8-23(9-11-24)13-17-21-18(22-27-17)14-2-1-7-20-12-14/h1-7,12H,8-11,13H2. The Morgan fingerprint density at radius 2 is 1.82 bits per heavy atom. The first-order chi connectivity index (χ1) is 13.5. The van der Waals surface area contributed by atoms with Gasteiger partial charge in [0.15, 0.2) is 0 Å². The van der Waals surface area contributed by atoms with E-state index in [0.717, 1.165) is 17.7 Å². The van der Waals surface area contributed by atoms with Crippen LogP contribution in [0.2, 0.25) is 0 Å². The fraction of sp³-hybridized carbons (Fsp3) is 0.278. The monoisotopic (exact) mass is 403 g/mol. The van der Waals surface area contributed by atoms with Crippen LogP contribution in [0.5, 0.6) is 0 Å². The minimum Gasteiger partial charge on any atom is -0.338 e. The molecule has 0 amide bonds. The third kappa shape index (κ3) is 3.93. The Morgan fingerprint density at radius 1 is 1.07 bits per heavy atom. The number of hydrogen-bond acceptors (Lipinski definition) is 7. The third-order valence-electron chi connectivity index (χ3n) is 4.53. The van der Waals surface area contributed by atoms with Crippen LogP contribution < -0.4 is 0 Å². The zero-order chi connectivity index (χ0) is 19.6. The summed E-state index contributed by atoms with van der Waals surface area (Å²) in [6.07, 6.45) is 3.33. The van der Waals surface area contributed by atoms with E-state index in [1.807, 2.05) is 6.07 Å². The van der Waals surface area contributed by atoms with Gasteiger partial charge >= 0.3 is 0 Å². The molecule has 0 radical (unpaired) electrons. The molecule has 0 bridgehead atoms. The maximum absolute atomic E-state index is 13.0. The molecule has 0 spiro atoms. The van der Waals surface area contributed by atoms with Gasteiger partial charge < -0.3 is 4.52 Å². The number of pyridine rings is 1. The lowest BCUT2D eigenvalue weighted by molar-refractivity contribution is 0.163. The highest BCUT2D eigenvalue weighted by Gasteiger charge is 2.29. The summed E-state index contributed by atoms with van der Waals surface area (Å²) in [5.41, 5.74) is 0.771. The first-order valence-corrected chi connectivity index (χ1v) is 10.2. The number of aromatic nitrogens is 3. The molecule has 1 aromatic carbocycles. The summed E-state index contributed by atoms with van der Waals surface area (Å²) in [7, 11) is -3.63. The van der Waals surface area contributed by atoms with Crippen LogP contribution >= 0.6 is 0 Å². The van der Waals surface area contributed by atoms with Crippen molar-refractivity contribution in [3.63, 3.8) is 0 Å². The minimum atomic E-state index is -3.63. The molecule has 1 fully saturated rings.